The van der Waals surface area contributed by atoms with Gasteiger partial charge in [-0.25, -0.2) is 9.18 Å². The Labute approximate surface area is 199 Å². The number of aromatic nitrogens is 1. The molecular weight excluding hydrogens is 471 g/mol. The summed E-state index contributed by atoms with van der Waals surface area (Å²) in [5, 5.41) is -0.175. The SMILES string of the molecule is CCCCN1CCN(S(=O)(=O)N(Cc2ccc(C(=O)OC)cn2)c2ccc(F)c(Cl)c2)CC1. The molecule has 0 spiro atoms. The smallest absolute Gasteiger partial charge is 0.339 e. The molecule has 2 heterocycles. The van der Waals surface area contributed by atoms with E-state index in [4.69, 9.17) is 11.6 Å². The first-order chi connectivity index (χ1) is 15.8. The molecule has 1 aromatic heterocycles. The van der Waals surface area contributed by atoms with Crippen molar-refractivity contribution in [3.05, 3.63) is 58.6 Å². The molecule has 1 aliphatic rings. The fourth-order valence-electron chi connectivity index (χ4n) is 3.55. The normalized spacial score (nSPS) is 15.4. The summed E-state index contributed by atoms with van der Waals surface area (Å²) in [6, 6.07) is 6.87. The van der Waals surface area contributed by atoms with Gasteiger partial charge >= 0.3 is 16.2 Å². The van der Waals surface area contributed by atoms with E-state index < -0.39 is 22.0 Å². The number of nitrogens with zero attached hydrogens (tertiary/aromatic N) is 4. The van der Waals surface area contributed by atoms with Gasteiger partial charge in [0.2, 0.25) is 0 Å². The number of rotatable bonds is 9. The van der Waals surface area contributed by atoms with Crippen LogP contribution in [0, 0.1) is 5.82 Å². The highest BCUT2D eigenvalue weighted by molar-refractivity contribution is 7.90. The van der Waals surface area contributed by atoms with Gasteiger partial charge in [-0.3, -0.25) is 9.29 Å². The van der Waals surface area contributed by atoms with Gasteiger partial charge in [0.05, 0.1) is 35.6 Å². The van der Waals surface area contributed by atoms with E-state index in [0.29, 0.717) is 31.9 Å². The summed E-state index contributed by atoms with van der Waals surface area (Å²) in [5.41, 5.74) is 0.894. The van der Waals surface area contributed by atoms with Gasteiger partial charge in [-0.05, 0) is 43.3 Å². The Hall–Kier alpha value is -2.27. The van der Waals surface area contributed by atoms with Crippen LogP contribution in [0.4, 0.5) is 10.1 Å². The number of halogens is 2. The summed E-state index contributed by atoms with van der Waals surface area (Å²) >= 11 is 5.95. The first-order valence-corrected chi connectivity index (χ1v) is 12.5. The number of piperazine rings is 1. The summed E-state index contributed by atoms with van der Waals surface area (Å²) in [5.74, 6) is -1.17. The number of carbonyl (C=O) groups excluding carboxylic acids is 1. The molecule has 0 unspecified atom stereocenters. The molecule has 180 valence electrons. The Balaban J connectivity index is 1.87. The lowest BCUT2D eigenvalue weighted by Gasteiger charge is -2.37. The monoisotopic (exact) mass is 498 g/mol. The molecule has 0 amide bonds. The number of anilines is 1. The Kier molecular flexibility index (Phi) is 8.63. The molecule has 2 aromatic rings. The number of methoxy groups -OCH3 is 1. The number of unbranched alkanes of at least 4 members (excludes halogenated alkanes) is 1. The molecule has 1 aromatic carbocycles. The lowest BCUT2D eigenvalue weighted by Crippen LogP contribution is -2.53. The standard InChI is InChI=1S/C22H28ClFN4O4S/c1-3-4-9-26-10-12-27(13-11-26)33(30,31)28(19-7-8-21(24)20(23)14-19)16-18-6-5-17(15-25-18)22(29)32-2/h5-8,14-15H,3-4,9-13,16H2,1-2H3. The molecule has 0 atom stereocenters. The summed E-state index contributed by atoms with van der Waals surface area (Å²) in [6.45, 7) is 4.95. The number of benzene rings is 1. The van der Waals surface area contributed by atoms with Crippen molar-refractivity contribution in [2.75, 3.05) is 44.1 Å². The van der Waals surface area contributed by atoms with Gasteiger partial charge in [0.15, 0.2) is 0 Å². The zero-order chi connectivity index (χ0) is 24.0. The lowest BCUT2D eigenvalue weighted by atomic mass is 10.2. The van der Waals surface area contributed by atoms with Crippen LogP contribution in [0.3, 0.4) is 0 Å². The molecule has 1 aliphatic heterocycles. The van der Waals surface area contributed by atoms with Gasteiger partial charge in [-0.15, -0.1) is 0 Å². The maximum Gasteiger partial charge on any atom is 0.339 e. The van der Waals surface area contributed by atoms with Gasteiger partial charge in [-0.1, -0.05) is 24.9 Å². The number of hydrogen-bond donors (Lipinski definition) is 0. The summed E-state index contributed by atoms with van der Waals surface area (Å²) in [6.07, 6.45) is 3.48. The predicted molar refractivity (Wildman–Crippen MR) is 125 cm³/mol. The van der Waals surface area contributed by atoms with Crippen LogP contribution in [-0.2, 0) is 21.5 Å². The molecule has 0 N–H and O–H groups in total. The molecule has 33 heavy (non-hydrogen) atoms. The van der Waals surface area contributed by atoms with E-state index in [1.807, 2.05) is 0 Å². The molecule has 1 saturated heterocycles. The first kappa shape index (κ1) is 25.4. The first-order valence-electron chi connectivity index (χ1n) is 10.7. The molecule has 11 heteroatoms. The third kappa shape index (κ3) is 6.20. The minimum atomic E-state index is -3.95. The van der Waals surface area contributed by atoms with Crippen molar-refractivity contribution >= 4 is 33.5 Å². The number of ether oxygens (including phenoxy) is 1. The Morgan fingerprint density at radius 3 is 2.52 bits per heavy atom. The average molecular weight is 499 g/mol. The second-order valence-electron chi connectivity index (χ2n) is 7.74. The quantitative estimate of drug-likeness (QED) is 0.493. The molecule has 1 fully saturated rings. The topological polar surface area (TPSA) is 83.1 Å². The lowest BCUT2D eigenvalue weighted by molar-refractivity contribution is 0.0600. The van der Waals surface area contributed by atoms with E-state index >= 15 is 0 Å². The molecular formula is C22H28ClFN4O4S. The van der Waals surface area contributed by atoms with Crippen molar-refractivity contribution in [3.8, 4) is 0 Å². The molecule has 3 rings (SSSR count). The van der Waals surface area contributed by atoms with Crippen LogP contribution < -0.4 is 4.31 Å². The fraction of sp³-hybridized carbons (Fsp3) is 0.455. The summed E-state index contributed by atoms with van der Waals surface area (Å²) < 4.78 is 48.3. The van der Waals surface area contributed by atoms with E-state index in [2.05, 4.69) is 21.5 Å². The number of hydrogen-bond acceptors (Lipinski definition) is 6. The number of pyridine rings is 1. The molecule has 8 nitrogen and oxygen atoms in total. The van der Waals surface area contributed by atoms with Crippen LogP contribution in [0.5, 0.6) is 0 Å². The fourth-order valence-corrected chi connectivity index (χ4v) is 5.31. The van der Waals surface area contributed by atoms with Gasteiger partial charge < -0.3 is 9.64 Å². The Bertz CT molecular complexity index is 1060. The zero-order valence-corrected chi connectivity index (χ0v) is 20.3. The van der Waals surface area contributed by atoms with Crippen LogP contribution in [0.15, 0.2) is 36.5 Å². The number of esters is 1. The van der Waals surface area contributed by atoms with Crippen LogP contribution in [0.25, 0.3) is 0 Å². The van der Waals surface area contributed by atoms with E-state index in [1.54, 1.807) is 6.07 Å². The van der Waals surface area contributed by atoms with Gasteiger partial charge in [0.1, 0.15) is 5.82 Å². The third-order valence-electron chi connectivity index (χ3n) is 5.51. The summed E-state index contributed by atoms with van der Waals surface area (Å²) in [4.78, 5) is 18.1. The van der Waals surface area contributed by atoms with Crippen molar-refractivity contribution in [1.82, 2.24) is 14.2 Å². The van der Waals surface area contributed by atoms with Crippen molar-refractivity contribution in [2.45, 2.75) is 26.3 Å². The minimum absolute atomic E-state index is 0.109. The van der Waals surface area contributed by atoms with Gasteiger partial charge in [0.25, 0.3) is 0 Å². The Morgan fingerprint density at radius 2 is 1.94 bits per heavy atom. The van der Waals surface area contributed by atoms with Crippen LogP contribution in [-0.4, -0.2) is 68.4 Å². The van der Waals surface area contributed by atoms with Crippen molar-refractivity contribution in [2.24, 2.45) is 0 Å². The van der Waals surface area contributed by atoms with Crippen molar-refractivity contribution < 1.29 is 22.3 Å². The predicted octanol–water partition coefficient (Wildman–Crippen LogP) is 3.33. The average Bonchev–Trinajstić information content (AvgIpc) is 2.83. The maximum absolute atomic E-state index is 13.8. The van der Waals surface area contributed by atoms with Crippen molar-refractivity contribution in [3.63, 3.8) is 0 Å². The highest BCUT2D eigenvalue weighted by Crippen LogP contribution is 2.28. The third-order valence-corrected chi connectivity index (χ3v) is 7.71. The van der Waals surface area contributed by atoms with Crippen LogP contribution >= 0.6 is 11.6 Å². The largest absolute Gasteiger partial charge is 0.465 e. The van der Waals surface area contributed by atoms with E-state index in [0.717, 1.165) is 25.5 Å². The van der Waals surface area contributed by atoms with Gasteiger partial charge in [0, 0.05) is 32.4 Å². The van der Waals surface area contributed by atoms with Crippen LogP contribution in [0.1, 0.15) is 35.8 Å². The van der Waals surface area contributed by atoms with Gasteiger partial charge in [-0.2, -0.15) is 12.7 Å². The highest BCUT2D eigenvalue weighted by Gasteiger charge is 2.33. The highest BCUT2D eigenvalue weighted by atomic mass is 35.5. The van der Waals surface area contributed by atoms with E-state index in [-0.39, 0.29) is 22.8 Å². The van der Waals surface area contributed by atoms with E-state index in [9.17, 15) is 17.6 Å². The number of carbonyl (C=O) groups is 1. The van der Waals surface area contributed by atoms with Crippen molar-refractivity contribution in [1.29, 1.82) is 0 Å². The second-order valence-corrected chi connectivity index (χ2v) is 10.00. The molecule has 0 saturated carbocycles. The Morgan fingerprint density at radius 1 is 1.21 bits per heavy atom. The van der Waals surface area contributed by atoms with E-state index in [1.165, 1.54) is 40.1 Å². The molecule has 0 radical (unpaired) electrons. The molecule has 0 aliphatic carbocycles. The second kappa shape index (κ2) is 11.2. The minimum Gasteiger partial charge on any atom is -0.465 e. The molecule has 0 bridgehead atoms. The zero-order valence-electron chi connectivity index (χ0n) is 18.7. The summed E-state index contributed by atoms with van der Waals surface area (Å²) in [7, 11) is -2.68. The maximum atomic E-state index is 13.8. The van der Waals surface area contributed by atoms with Crippen LogP contribution in [0.2, 0.25) is 5.02 Å².